The van der Waals surface area contributed by atoms with E-state index in [9.17, 15) is 4.79 Å². The second-order valence-corrected chi connectivity index (χ2v) is 8.17. The van der Waals surface area contributed by atoms with Gasteiger partial charge in [0.2, 0.25) is 0 Å². The van der Waals surface area contributed by atoms with Crippen LogP contribution in [0.5, 0.6) is 5.75 Å². The summed E-state index contributed by atoms with van der Waals surface area (Å²) in [6.07, 6.45) is 4.48. The molecule has 0 radical (unpaired) electrons. The quantitative estimate of drug-likeness (QED) is 0.454. The van der Waals surface area contributed by atoms with Gasteiger partial charge >= 0.3 is 0 Å². The molecular formula is C23H25N5O2S. The van der Waals surface area contributed by atoms with Gasteiger partial charge in [0.25, 0.3) is 5.91 Å². The lowest BCUT2D eigenvalue weighted by atomic mass is 10.2. The van der Waals surface area contributed by atoms with Crippen LogP contribution in [0.4, 0.5) is 5.82 Å². The molecule has 0 aliphatic rings. The fourth-order valence-corrected chi connectivity index (χ4v) is 4.16. The molecule has 0 saturated heterocycles. The lowest BCUT2D eigenvalue weighted by Gasteiger charge is -2.19. The Labute approximate surface area is 185 Å². The van der Waals surface area contributed by atoms with Crippen molar-refractivity contribution in [1.29, 1.82) is 0 Å². The summed E-state index contributed by atoms with van der Waals surface area (Å²) in [5, 5.41) is 6.00. The van der Waals surface area contributed by atoms with Crippen molar-refractivity contribution in [3.63, 3.8) is 0 Å². The number of carbonyl (C=O) groups is 1. The highest BCUT2D eigenvalue weighted by molar-refractivity contribution is 7.09. The Bertz CT molecular complexity index is 1170. The zero-order chi connectivity index (χ0) is 21.8. The summed E-state index contributed by atoms with van der Waals surface area (Å²) in [6, 6.07) is 11.4. The lowest BCUT2D eigenvalue weighted by Crippen LogP contribution is -2.23. The van der Waals surface area contributed by atoms with Gasteiger partial charge in [-0.25, -0.2) is 9.97 Å². The van der Waals surface area contributed by atoms with E-state index in [1.54, 1.807) is 18.4 Å². The van der Waals surface area contributed by atoms with E-state index < -0.39 is 0 Å². The molecule has 1 amide bonds. The lowest BCUT2D eigenvalue weighted by molar-refractivity contribution is 0.0950. The molecule has 8 heteroatoms. The number of aromatic nitrogens is 3. The van der Waals surface area contributed by atoms with Crippen LogP contribution in [-0.2, 0) is 19.5 Å². The SMILES string of the molecule is CCc1nc2ccc(C(=O)NCc3ccc(OC)cc3)cn2c1N(C)Cc1nccs1. The minimum absolute atomic E-state index is 0.127. The summed E-state index contributed by atoms with van der Waals surface area (Å²) < 4.78 is 7.17. The highest BCUT2D eigenvalue weighted by Crippen LogP contribution is 2.25. The second kappa shape index (κ2) is 9.18. The maximum Gasteiger partial charge on any atom is 0.253 e. The minimum atomic E-state index is -0.127. The van der Waals surface area contributed by atoms with E-state index >= 15 is 0 Å². The summed E-state index contributed by atoms with van der Waals surface area (Å²) in [4.78, 5) is 24.1. The van der Waals surface area contributed by atoms with Crippen LogP contribution in [0.1, 0.15) is 33.5 Å². The van der Waals surface area contributed by atoms with E-state index in [1.807, 2.05) is 65.6 Å². The van der Waals surface area contributed by atoms with E-state index in [0.29, 0.717) is 18.7 Å². The summed E-state index contributed by atoms with van der Waals surface area (Å²) in [7, 11) is 3.66. The Morgan fingerprint density at radius 2 is 2.03 bits per heavy atom. The third-order valence-electron chi connectivity index (χ3n) is 5.09. The average molecular weight is 436 g/mol. The summed E-state index contributed by atoms with van der Waals surface area (Å²) >= 11 is 1.63. The fourth-order valence-electron chi connectivity index (χ4n) is 3.49. The molecule has 1 aromatic carbocycles. The van der Waals surface area contributed by atoms with E-state index in [0.717, 1.165) is 39.9 Å². The van der Waals surface area contributed by atoms with Crippen LogP contribution < -0.4 is 15.0 Å². The zero-order valence-electron chi connectivity index (χ0n) is 17.8. The van der Waals surface area contributed by atoms with Crippen molar-refractivity contribution in [3.05, 3.63) is 76.0 Å². The standard InChI is InChI=1S/C23H25N5O2S/c1-4-19-23(27(2)15-21-24-11-12-31-21)28-14-17(7-10-20(28)26-19)22(29)25-13-16-5-8-18(30-3)9-6-16/h5-12,14H,4,13,15H2,1-3H3,(H,25,29). The normalized spacial score (nSPS) is 10.9. The van der Waals surface area contributed by atoms with Crippen molar-refractivity contribution in [1.82, 2.24) is 19.7 Å². The van der Waals surface area contributed by atoms with Crippen molar-refractivity contribution in [2.45, 2.75) is 26.4 Å². The van der Waals surface area contributed by atoms with Crippen LogP contribution in [0.3, 0.4) is 0 Å². The molecule has 0 aliphatic heterocycles. The Kier molecular flexibility index (Phi) is 6.18. The van der Waals surface area contributed by atoms with Gasteiger partial charge in [0.05, 0.1) is 24.9 Å². The number of hydrogen-bond donors (Lipinski definition) is 1. The summed E-state index contributed by atoms with van der Waals surface area (Å²) in [6.45, 7) is 3.22. The highest BCUT2D eigenvalue weighted by atomic mass is 32.1. The minimum Gasteiger partial charge on any atom is -0.497 e. The number of carbonyl (C=O) groups excluding carboxylic acids is 1. The molecule has 0 unspecified atom stereocenters. The first-order valence-corrected chi connectivity index (χ1v) is 11.0. The zero-order valence-corrected chi connectivity index (χ0v) is 18.6. The number of anilines is 1. The van der Waals surface area contributed by atoms with Crippen LogP contribution in [0.15, 0.2) is 54.2 Å². The molecule has 3 aromatic heterocycles. The fraction of sp³-hybridized carbons (Fsp3) is 0.261. The largest absolute Gasteiger partial charge is 0.497 e. The first kappa shape index (κ1) is 20.9. The summed E-state index contributed by atoms with van der Waals surface area (Å²) in [5.41, 5.74) is 3.42. The molecule has 31 heavy (non-hydrogen) atoms. The van der Waals surface area contributed by atoms with Gasteiger partial charge in [0, 0.05) is 31.4 Å². The van der Waals surface area contributed by atoms with Gasteiger partial charge in [-0.3, -0.25) is 9.20 Å². The monoisotopic (exact) mass is 435 g/mol. The molecule has 0 aliphatic carbocycles. The predicted molar refractivity (Wildman–Crippen MR) is 123 cm³/mol. The molecule has 3 heterocycles. The maximum atomic E-state index is 12.8. The molecule has 1 N–H and O–H groups in total. The maximum absolute atomic E-state index is 12.8. The molecule has 0 fully saturated rings. The van der Waals surface area contributed by atoms with Crippen LogP contribution in [0.25, 0.3) is 5.65 Å². The van der Waals surface area contributed by atoms with Gasteiger partial charge in [-0.15, -0.1) is 11.3 Å². The predicted octanol–water partition coefficient (Wildman–Crippen LogP) is 3.93. The average Bonchev–Trinajstić information content (AvgIpc) is 3.44. The van der Waals surface area contributed by atoms with Gasteiger partial charge in [0.1, 0.15) is 22.2 Å². The number of thiazole rings is 1. The number of hydrogen-bond acceptors (Lipinski definition) is 6. The Hall–Kier alpha value is -3.39. The molecule has 7 nitrogen and oxygen atoms in total. The van der Waals surface area contributed by atoms with Crippen molar-refractivity contribution >= 4 is 28.7 Å². The molecule has 160 valence electrons. The van der Waals surface area contributed by atoms with Crippen LogP contribution >= 0.6 is 11.3 Å². The molecule has 0 saturated carbocycles. The molecule has 0 atom stereocenters. The molecule has 0 spiro atoms. The number of methoxy groups -OCH3 is 1. The van der Waals surface area contributed by atoms with Gasteiger partial charge in [-0.05, 0) is 36.2 Å². The van der Waals surface area contributed by atoms with Crippen molar-refractivity contribution < 1.29 is 9.53 Å². The van der Waals surface area contributed by atoms with Crippen molar-refractivity contribution in [2.24, 2.45) is 0 Å². The summed E-state index contributed by atoms with van der Waals surface area (Å²) in [5.74, 6) is 1.65. The molecule has 4 rings (SSSR count). The van der Waals surface area contributed by atoms with Crippen molar-refractivity contribution in [2.75, 3.05) is 19.1 Å². The Morgan fingerprint density at radius 1 is 1.23 bits per heavy atom. The number of pyridine rings is 1. The van der Waals surface area contributed by atoms with Crippen LogP contribution in [0, 0.1) is 0 Å². The van der Waals surface area contributed by atoms with Gasteiger partial charge in [-0.2, -0.15) is 0 Å². The third-order valence-corrected chi connectivity index (χ3v) is 5.85. The van der Waals surface area contributed by atoms with Gasteiger partial charge in [0.15, 0.2) is 0 Å². The van der Waals surface area contributed by atoms with Gasteiger partial charge < -0.3 is 15.0 Å². The van der Waals surface area contributed by atoms with E-state index in [1.165, 1.54) is 0 Å². The first-order valence-electron chi connectivity index (χ1n) is 10.1. The molecular weight excluding hydrogens is 410 g/mol. The number of fused-ring (bicyclic) bond motifs is 1. The van der Waals surface area contributed by atoms with E-state index in [4.69, 9.17) is 9.72 Å². The number of benzene rings is 1. The van der Waals surface area contributed by atoms with Crippen LogP contribution in [-0.4, -0.2) is 34.4 Å². The topological polar surface area (TPSA) is 71.8 Å². The van der Waals surface area contributed by atoms with E-state index in [-0.39, 0.29) is 5.91 Å². The number of rotatable bonds is 8. The highest BCUT2D eigenvalue weighted by Gasteiger charge is 2.17. The number of nitrogens with one attached hydrogen (secondary N) is 1. The molecule has 4 aromatic rings. The number of imidazole rings is 1. The first-order chi connectivity index (χ1) is 15.1. The van der Waals surface area contributed by atoms with E-state index in [2.05, 4.69) is 22.1 Å². The van der Waals surface area contributed by atoms with Crippen LogP contribution in [0.2, 0.25) is 0 Å². The number of aryl methyl sites for hydroxylation is 1. The third kappa shape index (κ3) is 4.54. The van der Waals surface area contributed by atoms with Crippen molar-refractivity contribution in [3.8, 4) is 5.75 Å². The Morgan fingerprint density at radius 3 is 2.71 bits per heavy atom. The number of ether oxygens (including phenoxy) is 1. The molecule has 0 bridgehead atoms. The smallest absolute Gasteiger partial charge is 0.253 e. The van der Waals surface area contributed by atoms with Gasteiger partial charge in [-0.1, -0.05) is 19.1 Å². The second-order valence-electron chi connectivity index (χ2n) is 7.19. The Balaban J connectivity index is 1.56. The number of nitrogens with zero attached hydrogens (tertiary/aromatic N) is 4. The number of amides is 1.